The number of aromatic amines is 1. The molecular weight excluding hydrogens is 254 g/mol. The molecule has 2 aliphatic heterocycles. The van der Waals surface area contributed by atoms with Crippen molar-refractivity contribution >= 4 is 11.7 Å². The van der Waals surface area contributed by atoms with Crippen LogP contribution in [0.1, 0.15) is 35.3 Å². The van der Waals surface area contributed by atoms with E-state index in [1.165, 1.54) is 19.4 Å². The van der Waals surface area contributed by atoms with Gasteiger partial charge in [-0.2, -0.15) is 5.10 Å². The number of aromatic nitrogens is 2. The van der Waals surface area contributed by atoms with Gasteiger partial charge in [-0.25, -0.2) is 0 Å². The molecule has 1 aromatic heterocycles. The van der Waals surface area contributed by atoms with E-state index in [1.54, 1.807) is 0 Å². The van der Waals surface area contributed by atoms with Crippen LogP contribution in [-0.4, -0.2) is 58.6 Å². The number of fused-ring (bicyclic) bond motifs is 1. The molecule has 0 aliphatic carbocycles. The molecule has 3 heterocycles. The SMILES string of the molecule is Cc1[nH]nc(N)c1C(=O)N1CCC2C(CCCN2C)C1. The fourth-order valence-corrected chi connectivity index (χ4v) is 3.71. The van der Waals surface area contributed by atoms with Gasteiger partial charge < -0.3 is 15.5 Å². The highest BCUT2D eigenvalue weighted by Crippen LogP contribution is 2.30. The van der Waals surface area contributed by atoms with Crippen molar-refractivity contribution in [2.24, 2.45) is 5.92 Å². The van der Waals surface area contributed by atoms with Crippen molar-refractivity contribution in [2.45, 2.75) is 32.2 Å². The number of nitrogens with zero attached hydrogens (tertiary/aromatic N) is 3. The molecular formula is C14H23N5O. The molecule has 3 rings (SSSR count). The highest BCUT2D eigenvalue weighted by Gasteiger charge is 2.36. The second kappa shape index (κ2) is 5.09. The number of nitrogen functional groups attached to an aromatic ring is 1. The maximum atomic E-state index is 12.6. The van der Waals surface area contributed by atoms with Crippen LogP contribution >= 0.6 is 0 Å². The minimum absolute atomic E-state index is 0.0282. The molecule has 0 saturated carbocycles. The van der Waals surface area contributed by atoms with Crippen LogP contribution in [0.3, 0.4) is 0 Å². The third kappa shape index (κ3) is 2.18. The van der Waals surface area contributed by atoms with Crippen LogP contribution in [0.15, 0.2) is 0 Å². The van der Waals surface area contributed by atoms with E-state index in [0.29, 0.717) is 23.3 Å². The third-order valence-electron chi connectivity index (χ3n) is 4.82. The van der Waals surface area contributed by atoms with Crippen molar-refractivity contribution in [3.63, 3.8) is 0 Å². The molecule has 0 radical (unpaired) electrons. The summed E-state index contributed by atoms with van der Waals surface area (Å²) in [6.07, 6.45) is 3.51. The molecule has 2 atom stereocenters. The summed E-state index contributed by atoms with van der Waals surface area (Å²) in [6.45, 7) is 4.69. The van der Waals surface area contributed by atoms with Gasteiger partial charge in [0.15, 0.2) is 5.82 Å². The summed E-state index contributed by atoms with van der Waals surface area (Å²) in [5, 5.41) is 6.71. The summed E-state index contributed by atoms with van der Waals surface area (Å²) in [5.41, 5.74) is 7.11. The molecule has 20 heavy (non-hydrogen) atoms. The maximum Gasteiger partial charge on any atom is 0.259 e. The zero-order valence-corrected chi connectivity index (χ0v) is 12.2. The van der Waals surface area contributed by atoms with Crippen LogP contribution in [0.2, 0.25) is 0 Å². The quantitative estimate of drug-likeness (QED) is 0.798. The number of carbonyl (C=O) groups is 1. The first-order valence-corrected chi connectivity index (χ1v) is 7.38. The van der Waals surface area contributed by atoms with Crippen molar-refractivity contribution in [1.29, 1.82) is 0 Å². The number of hydrogen-bond donors (Lipinski definition) is 2. The Labute approximate surface area is 119 Å². The van der Waals surface area contributed by atoms with Gasteiger partial charge in [-0.05, 0) is 45.7 Å². The Kier molecular flexibility index (Phi) is 3.41. The van der Waals surface area contributed by atoms with Crippen molar-refractivity contribution in [2.75, 3.05) is 32.4 Å². The molecule has 0 spiro atoms. The molecule has 2 fully saturated rings. The van der Waals surface area contributed by atoms with Crippen LogP contribution < -0.4 is 5.73 Å². The first kappa shape index (κ1) is 13.4. The summed E-state index contributed by atoms with van der Waals surface area (Å²) >= 11 is 0. The number of rotatable bonds is 1. The summed E-state index contributed by atoms with van der Waals surface area (Å²) < 4.78 is 0. The minimum atomic E-state index is 0.0282. The average Bonchev–Trinajstić information content (AvgIpc) is 2.77. The lowest BCUT2D eigenvalue weighted by Gasteiger charge is -2.45. The molecule has 0 bridgehead atoms. The number of nitrogens with two attached hydrogens (primary N) is 1. The molecule has 2 saturated heterocycles. The zero-order chi connectivity index (χ0) is 14.3. The van der Waals surface area contributed by atoms with Crippen molar-refractivity contribution in [3.8, 4) is 0 Å². The predicted molar refractivity (Wildman–Crippen MR) is 77.4 cm³/mol. The zero-order valence-electron chi connectivity index (χ0n) is 12.2. The van der Waals surface area contributed by atoms with Crippen molar-refractivity contribution in [3.05, 3.63) is 11.3 Å². The Bertz CT molecular complexity index is 492. The standard InChI is InChI=1S/C14H23N5O/c1-9-12(13(15)17-16-9)14(20)19-7-5-11-10(8-19)4-3-6-18(11)2/h10-11H,3-8H2,1-2H3,(H3,15,16,17). The summed E-state index contributed by atoms with van der Waals surface area (Å²) in [6, 6.07) is 0.635. The Balaban J connectivity index is 1.75. The van der Waals surface area contributed by atoms with Gasteiger partial charge in [0.1, 0.15) is 5.56 Å². The largest absolute Gasteiger partial charge is 0.382 e. The van der Waals surface area contributed by atoms with Gasteiger partial charge in [-0.3, -0.25) is 9.89 Å². The van der Waals surface area contributed by atoms with Gasteiger partial charge in [0.25, 0.3) is 5.91 Å². The van der Waals surface area contributed by atoms with E-state index in [-0.39, 0.29) is 5.91 Å². The van der Waals surface area contributed by atoms with Gasteiger partial charge in [-0.1, -0.05) is 0 Å². The van der Waals surface area contributed by atoms with E-state index in [9.17, 15) is 4.79 Å². The second-order valence-electron chi connectivity index (χ2n) is 6.10. The molecule has 2 aliphatic rings. The highest BCUT2D eigenvalue weighted by atomic mass is 16.2. The van der Waals surface area contributed by atoms with Gasteiger partial charge in [0.2, 0.25) is 0 Å². The lowest BCUT2D eigenvalue weighted by atomic mass is 9.84. The van der Waals surface area contributed by atoms with Crippen LogP contribution in [-0.2, 0) is 0 Å². The Morgan fingerprint density at radius 2 is 2.20 bits per heavy atom. The normalized spacial score (nSPS) is 27.4. The molecule has 6 nitrogen and oxygen atoms in total. The number of amides is 1. The van der Waals surface area contributed by atoms with E-state index in [4.69, 9.17) is 5.73 Å². The number of piperidine rings is 2. The molecule has 0 aromatic carbocycles. The van der Waals surface area contributed by atoms with E-state index < -0.39 is 0 Å². The highest BCUT2D eigenvalue weighted by molar-refractivity contribution is 5.99. The lowest BCUT2D eigenvalue weighted by Crippen LogP contribution is -2.54. The maximum absolute atomic E-state index is 12.6. The van der Waals surface area contributed by atoms with Crippen molar-refractivity contribution in [1.82, 2.24) is 20.0 Å². The van der Waals surface area contributed by atoms with Crippen LogP contribution in [0.5, 0.6) is 0 Å². The molecule has 110 valence electrons. The number of likely N-dealkylation sites (tertiary alicyclic amines) is 2. The van der Waals surface area contributed by atoms with E-state index >= 15 is 0 Å². The molecule has 2 unspecified atom stereocenters. The number of H-pyrrole nitrogens is 1. The van der Waals surface area contributed by atoms with E-state index in [0.717, 1.165) is 25.2 Å². The number of anilines is 1. The van der Waals surface area contributed by atoms with Gasteiger partial charge >= 0.3 is 0 Å². The summed E-state index contributed by atoms with van der Waals surface area (Å²) in [4.78, 5) is 17.0. The first-order valence-electron chi connectivity index (χ1n) is 7.38. The minimum Gasteiger partial charge on any atom is -0.382 e. The summed E-state index contributed by atoms with van der Waals surface area (Å²) in [7, 11) is 2.20. The van der Waals surface area contributed by atoms with E-state index in [1.807, 2.05) is 11.8 Å². The van der Waals surface area contributed by atoms with Gasteiger partial charge in [0.05, 0.1) is 0 Å². The van der Waals surface area contributed by atoms with E-state index in [2.05, 4.69) is 22.1 Å². The Morgan fingerprint density at radius 1 is 1.40 bits per heavy atom. The van der Waals surface area contributed by atoms with Crippen LogP contribution in [0.4, 0.5) is 5.82 Å². The second-order valence-corrected chi connectivity index (χ2v) is 6.10. The van der Waals surface area contributed by atoms with Crippen LogP contribution in [0, 0.1) is 12.8 Å². The lowest BCUT2D eigenvalue weighted by molar-refractivity contribution is 0.0317. The predicted octanol–water partition coefficient (Wildman–Crippen LogP) is 0.857. The third-order valence-corrected chi connectivity index (χ3v) is 4.82. The Hall–Kier alpha value is -1.56. The monoisotopic (exact) mass is 277 g/mol. The molecule has 1 amide bonds. The van der Waals surface area contributed by atoms with Crippen molar-refractivity contribution < 1.29 is 4.79 Å². The number of nitrogens with one attached hydrogen (secondary N) is 1. The van der Waals surface area contributed by atoms with Crippen LogP contribution in [0.25, 0.3) is 0 Å². The fraction of sp³-hybridized carbons (Fsp3) is 0.714. The fourth-order valence-electron chi connectivity index (χ4n) is 3.71. The topological polar surface area (TPSA) is 78.2 Å². The molecule has 3 N–H and O–H groups in total. The Morgan fingerprint density at radius 3 is 2.90 bits per heavy atom. The molecule has 6 heteroatoms. The molecule has 1 aromatic rings. The van der Waals surface area contributed by atoms with Gasteiger partial charge in [-0.15, -0.1) is 0 Å². The number of aryl methyl sites for hydroxylation is 1. The number of hydrogen-bond acceptors (Lipinski definition) is 4. The first-order chi connectivity index (χ1) is 9.58. The average molecular weight is 277 g/mol. The number of carbonyl (C=O) groups excluding carboxylic acids is 1. The summed E-state index contributed by atoms with van der Waals surface area (Å²) in [5.74, 6) is 0.940. The smallest absolute Gasteiger partial charge is 0.259 e. The van der Waals surface area contributed by atoms with Gasteiger partial charge in [0, 0.05) is 24.8 Å².